The summed E-state index contributed by atoms with van der Waals surface area (Å²) in [5, 5.41) is 42.8. The Labute approximate surface area is 551 Å². The maximum Gasteiger partial charge on any atom is 0.238 e. The molecule has 3 amide bonds. The van der Waals surface area contributed by atoms with Crippen LogP contribution in [0.15, 0.2) is 154 Å². The largest absolute Gasteiger partial charge is 0.379 e. The topological polar surface area (TPSA) is 462 Å². The highest BCUT2D eigenvalue weighted by Crippen LogP contribution is 2.31. The molecule has 7 aromatic heterocycles. The van der Waals surface area contributed by atoms with E-state index < -0.39 is 0 Å². The number of nitrogen functional groups attached to an aromatic ring is 2. The number of imidazole rings is 3. The molecule has 0 spiro atoms. The molecule has 0 aliphatic heterocycles. The third kappa shape index (κ3) is 16.2. The number of aromatic nitrogens is 13. The predicted molar refractivity (Wildman–Crippen MR) is 359 cm³/mol. The molecule has 97 heavy (non-hydrogen) atoms. The van der Waals surface area contributed by atoms with Crippen LogP contribution in [0.1, 0.15) is 77.5 Å². The molecule has 0 fully saturated rings. The molecular formula is C66H66N22O9. The number of rotatable bonds is 25. The van der Waals surface area contributed by atoms with Gasteiger partial charge in [-0.1, -0.05) is 63.6 Å². The molecule has 12 N–H and O–H groups in total. The molecule has 0 aliphatic rings. The van der Waals surface area contributed by atoms with Crippen molar-refractivity contribution in [2.75, 3.05) is 52.4 Å². The van der Waals surface area contributed by atoms with Crippen LogP contribution >= 0.6 is 0 Å². The van der Waals surface area contributed by atoms with Crippen molar-refractivity contribution in [2.24, 2.45) is 23.3 Å². The SMILES string of the molecule is CC(C)C(=O)Nc1ccc(C(=O)Cn2c(-c3nonc3N)nc3ccccc32)cc1.C[C@@H](CCCCN)C(=O)Nc1ccc(C(=O)Cn2c(-c3nonc3NCCC#N)nc3ccccc32)cn1.NCC(=O)Nc1ccc(C(=O)Cn2c(-c3nonc3N)nc3ccccc32)cc1. The fourth-order valence-corrected chi connectivity index (χ4v) is 9.93. The van der Waals surface area contributed by atoms with Crippen molar-refractivity contribution >= 4 is 103 Å². The summed E-state index contributed by atoms with van der Waals surface area (Å²) >= 11 is 0. The number of amides is 3. The highest BCUT2D eigenvalue weighted by Gasteiger charge is 2.26. The van der Waals surface area contributed by atoms with Gasteiger partial charge in [0.1, 0.15) is 5.82 Å². The standard InChI is InChI=1S/C26H29N9O3.C21H20N6O3.C19H17N7O3/c1-17(7-4-5-12-27)26(37)32-22-11-10-18(15-30-22)21(36)16-35-20-9-3-2-8-19(20)31-25(35)23-24(34-38-33-23)29-14-6-13-28;1-12(2)21(29)23-14-9-7-13(8-10-14)17(28)11-27-16-6-4-3-5-15(16)24-20(27)18-19(22)26-30-25-18;20-9-16(28)22-12-7-5-11(6-8-12)15(27)10-26-14-4-2-1-3-13(14)23-19(26)17-18(21)25-29-24-17/h2-3,8-11,15,17H,4-7,12,14,16,27H2,1H3,(H,29,34)(H,30,32,37);3-10,12H,11H2,1-2H3,(H2,22,26)(H,23,29);1-8H,9-10,20H2,(H2,21,25)(H,22,28)/t17-;;/m0../s1. The van der Waals surface area contributed by atoms with Gasteiger partial charge in [-0.05, 0) is 147 Å². The number of carbonyl (C=O) groups excluding carboxylic acids is 6. The first kappa shape index (κ1) is 67.2. The van der Waals surface area contributed by atoms with Crippen LogP contribution in [-0.4, -0.2) is 119 Å². The minimum atomic E-state index is -0.308. The molecule has 0 unspecified atom stereocenters. The number of ketones is 3. The zero-order valence-corrected chi connectivity index (χ0v) is 52.7. The number of anilines is 6. The number of nitriles is 1. The number of unbranched alkanes of at least 4 members (excludes halogenated alkanes) is 1. The second-order valence-electron chi connectivity index (χ2n) is 22.3. The van der Waals surface area contributed by atoms with Gasteiger partial charge < -0.3 is 57.9 Å². The number of benzene rings is 5. The number of carbonyl (C=O) groups is 6. The lowest BCUT2D eigenvalue weighted by atomic mass is 10.0. The Morgan fingerprint density at radius 3 is 1.42 bits per heavy atom. The van der Waals surface area contributed by atoms with Crippen molar-refractivity contribution in [1.82, 2.24) is 64.6 Å². The normalized spacial score (nSPS) is 11.3. The highest BCUT2D eigenvalue weighted by atomic mass is 16.6. The van der Waals surface area contributed by atoms with Crippen LogP contribution in [0.5, 0.6) is 0 Å². The van der Waals surface area contributed by atoms with Crippen molar-refractivity contribution in [3.63, 3.8) is 0 Å². The van der Waals surface area contributed by atoms with E-state index in [2.05, 4.69) is 82.8 Å². The van der Waals surface area contributed by atoms with Gasteiger partial charge in [0.25, 0.3) is 0 Å². The lowest BCUT2D eigenvalue weighted by Crippen LogP contribution is -2.21. The molecule has 0 aliphatic carbocycles. The van der Waals surface area contributed by atoms with Crippen LogP contribution in [0, 0.1) is 23.2 Å². The van der Waals surface area contributed by atoms with Crippen molar-refractivity contribution in [1.29, 1.82) is 5.26 Å². The van der Waals surface area contributed by atoms with Gasteiger partial charge in [-0.15, -0.1) is 0 Å². The Hall–Kier alpha value is -12.7. The van der Waals surface area contributed by atoms with E-state index in [1.807, 2.05) is 93.6 Å². The van der Waals surface area contributed by atoms with E-state index in [-0.39, 0.29) is 103 Å². The van der Waals surface area contributed by atoms with Crippen LogP contribution in [0.25, 0.3) is 67.7 Å². The lowest BCUT2D eigenvalue weighted by molar-refractivity contribution is -0.120. The molecule has 0 saturated carbocycles. The van der Waals surface area contributed by atoms with E-state index in [1.54, 1.807) is 74.4 Å². The van der Waals surface area contributed by atoms with E-state index in [4.69, 9.17) is 37.5 Å². The van der Waals surface area contributed by atoms with Crippen LogP contribution in [0.4, 0.5) is 34.6 Å². The Balaban J connectivity index is 0.000000160. The monoisotopic (exact) mass is 1310 g/mol. The van der Waals surface area contributed by atoms with Crippen molar-refractivity contribution in [3.8, 4) is 40.6 Å². The molecule has 12 rings (SSSR count). The van der Waals surface area contributed by atoms with Gasteiger partial charge in [-0.3, -0.25) is 28.8 Å². The summed E-state index contributed by atoms with van der Waals surface area (Å²) in [4.78, 5) is 92.8. The fourth-order valence-electron chi connectivity index (χ4n) is 9.93. The average Bonchev–Trinajstić information content (AvgIpc) is 1.69. The van der Waals surface area contributed by atoms with Gasteiger partial charge >= 0.3 is 0 Å². The first-order valence-corrected chi connectivity index (χ1v) is 30.6. The van der Waals surface area contributed by atoms with Crippen LogP contribution in [-0.2, 0) is 34.0 Å². The molecule has 0 saturated heterocycles. The predicted octanol–water partition coefficient (Wildman–Crippen LogP) is 7.99. The second-order valence-corrected chi connectivity index (χ2v) is 22.3. The van der Waals surface area contributed by atoms with E-state index in [9.17, 15) is 28.8 Å². The molecule has 0 radical (unpaired) electrons. The van der Waals surface area contributed by atoms with Gasteiger partial charge in [0.15, 0.2) is 63.5 Å². The maximum atomic E-state index is 13.3. The number of para-hydroxylation sites is 6. The third-order valence-electron chi connectivity index (χ3n) is 15.1. The van der Waals surface area contributed by atoms with Crippen molar-refractivity contribution < 1.29 is 42.7 Å². The first-order valence-electron chi connectivity index (χ1n) is 30.6. The number of nitrogens with one attached hydrogen (secondary N) is 4. The smallest absolute Gasteiger partial charge is 0.238 e. The maximum absolute atomic E-state index is 13.3. The number of hydrogen-bond donors (Lipinski definition) is 8. The molecule has 7 heterocycles. The van der Waals surface area contributed by atoms with Gasteiger partial charge in [-0.2, -0.15) is 5.26 Å². The van der Waals surface area contributed by atoms with Crippen LogP contribution in [0.2, 0.25) is 0 Å². The molecule has 12 aromatic rings. The molecule has 0 bridgehead atoms. The number of hydrogen-bond acceptors (Lipinski definition) is 25. The summed E-state index contributed by atoms with van der Waals surface area (Å²) in [6, 6.07) is 40.9. The summed E-state index contributed by atoms with van der Waals surface area (Å²) in [6.45, 7) is 6.36. The third-order valence-corrected chi connectivity index (χ3v) is 15.1. The average molecular weight is 1310 g/mol. The Morgan fingerprint density at radius 2 is 0.979 bits per heavy atom. The zero-order valence-electron chi connectivity index (χ0n) is 52.7. The van der Waals surface area contributed by atoms with Crippen molar-refractivity contribution in [2.45, 2.75) is 66.1 Å². The van der Waals surface area contributed by atoms with Crippen molar-refractivity contribution in [3.05, 3.63) is 156 Å². The summed E-state index contributed by atoms with van der Waals surface area (Å²) in [5.41, 5.74) is 30.3. The van der Waals surface area contributed by atoms with E-state index >= 15 is 0 Å². The van der Waals surface area contributed by atoms with Crippen LogP contribution in [0.3, 0.4) is 0 Å². The van der Waals surface area contributed by atoms with Gasteiger partial charge in [0.2, 0.25) is 23.5 Å². The summed E-state index contributed by atoms with van der Waals surface area (Å²) < 4.78 is 19.5. The second kappa shape index (κ2) is 31.3. The Morgan fingerprint density at radius 1 is 0.526 bits per heavy atom. The molecule has 494 valence electrons. The molecule has 5 aromatic carbocycles. The number of nitrogens with zero attached hydrogens (tertiary/aromatic N) is 14. The van der Waals surface area contributed by atoms with E-state index in [0.29, 0.717) is 92.5 Å². The number of pyridine rings is 1. The lowest BCUT2D eigenvalue weighted by Gasteiger charge is -2.12. The van der Waals surface area contributed by atoms with E-state index in [1.165, 1.54) is 6.20 Å². The van der Waals surface area contributed by atoms with E-state index in [0.717, 1.165) is 35.8 Å². The summed E-state index contributed by atoms with van der Waals surface area (Å²) in [7, 11) is 0. The number of Topliss-reactive ketones (excluding diaryl/α,β-unsaturated/α-hetero) is 3. The zero-order chi connectivity index (χ0) is 68.5. The minimum Gasteiger partial charge on any atom is -0.379 e. The summed E-state index contributed by atoms with van der Waals surface area (Å²) in [5.74, 6) is 0.830. The Bertz CT molecular complexity index is 4810. The van der Waals surface area contributed by atoms with Gasteiger partial charge in [0, 0.05) is 52.6 Å². The molecule has 1 atom stereocenters. The van der Waals surface area contributed by atoms with Gasteiger partial charge in [0.05, 0.1) is 71.8 Å². The highest BCUT2D eigenvalue weighted by molar-refractivity contribution is 6.01. The van der Waals surface area contributed by atoms with Crippen LogP contribution < -0.4 is 44.2 Å². The number of nitrogens with two attached hydrogens (primary N) is 4. The Kier molecular flexibility index (Phi) is 21.7. The first-order chi connectivity index (χ1) is 47.0. The quantitative estimate of drug-likeness (QED) is 0.0198. The minimum absolute atomic E-state index is 0.0106. The summed E-state index contributed by atoms with van der Waals surface area (Å²) in [6.07, 6.45) is 4.24. The molecular weight excluding hydrogens is 1240 g/mol. The molecule has 31 nitrogen and oxygen atoms in total. The number of fused-ring (bicyclic) bond motifs is 3. The van der Waals surface area contributed by atoms with Gasteiger partial charge in [-0.25, -0.2) is 33.8 Å². The fraction of sp³-hybridized carbons (Fsp3) is 0.227. The molecule has 31 heteroatoms.